The van der Waals surface area contributed by atoms with Gasteiger partial charge in [0.1, 0.15) is 6.17 Å². The summed E-state index contributed by atoms with van der Waals surface area (Å²) in [5.41, 5.74) is 3.53. The van der Waals surface area contributed by atoms with E-state index in [2.05, 4.69) is 5.32 Å². The molecule has 0 fully saturated rings. The van der Waals surface area contributed by atoms with Crippen LogP contribution in [0.5, 0.6) is 11.5 Å². The molecule has 0 saturated heterocycles. The predicted octanol–water partition coefficient (Wildman–Crippen LogP) is 4.86. The number of carbonyl (C=O) groups excluding carboxylic acids is 1. The molecule has 5 nitrogen and oxygen atoms in total. The van der Waals surface area contributed by atoms with Crippen molar-refractivity contribution in [2.45, 2.75) is 19.6 Å². The summed E-state index contributed by atoms with van der Waals surface area (Å²) in [4.78, 5) is 15.2. The first kappa shape index (κ1) is 18.9. The topological polar surface area (TPSA) is 50.8 Å². The first-order chi connectivity index (χ1) is 14.2. The summed E-state index contributed by atoms with van der Waals surface area (Å²) in [6.45, 7) is 2.97. The van der Waals surface area contributed by atoms with Gasteiger partial charge in [-0.15, -0.1) is 0 Å². The Labute approximate surface area is 170 Å². The van der Waals surface area contributed by atoms with Crippen LogP contribution in [0.4, 0.5) is 5.69 Å². The van der Waals surface area contributed by atoms with Crippen LogP contribution in [0.2, 0.25) is 0 Å². The molecule has 0 spiro atoms. The van der Waals surface area contributed by atoms with Crippen molar-refractivity contribution in [3.8, 4) is 11.5 Å². The molecule has 1 aliphatic rings. The van der Waals surface area contributed by atoms with E-state index >= 15 is 0 Å². The van der Waals surface area contributed by atoms with E-state index in [1.165, 1.54) is 0 Å². The number of methoxy groups -OCH3 is 1. The Kier molecular flexibility index (Phi) is 5.38. The van der Waals surface area contributed by atoms with Gasteiger partial charge in [-0.25, -0.2) is 0 Å². The molecule has 0 saturated carbocycles. The summed E-state index contributed by atoms with van der Waals surface area (Å²) in [5, 5.41) is 3.53. The third kappa shape index (κ3) is 3.76. The molecule has 4 rings (SSSR count). The van der Waals surface area contributed by atoms with Gasteiger partial charge in [0.05, 0.1) is 19.3 Å². The molecule has 0 aliphatic carbocycles. The van der Waals surface area contributed by atoms with E-state index in [4.69, 9.17) is 9.47 Å². The average Bonchev–Trinajstić information content (AvgIpc) is 2.76. The molecular weight excluding hydrogens is 364 g/mol. The molecule has 5 heteroatoms. The number of anilines is 1. The van der Waals surface area contributed by atoms with E-state index in [0.29, 0.717) is 30.2 Å². The number of fused-ring (bicyclic) bond motifs is 1. The number of nitrogens with zero attached hydrogens (tertiary/aromatic N) is 1. The van der Waals surface area contributed by atoms with Crippen molar-refractivity contribution in [1.82, 2.24) is 4.90 Å². The molecule has 29 heavy (non-hydrogen) atoms. The fourth-order valence-corrected chi connectivity index (χ4v) is 3.63. The van der Waals surface area contributed by atoms with Gasteiger partial charge in [0.2, 0.25) is 0 Å². The second-order valence-corrected chi connectivity index (χ2v) is 6.85. The van der Waals surface area contributed by atoms with E-state index in [0.717, 1.165) is 16.8 Å². The highest BCUT2D eigenvalue weighted by atomic mass is 16.5. The third-order valence-corrected chi connectivity index (χ3v) is 5.02. The fraction of sp³-hybridized carbons (Fsp3) is 0.208. The van der Waals surface area contributed by atoms with Gasteiger partial charge < -0.3 is 19.7 Å². The molecule has 0 unspecified atom stereocenters. The highest BCUT2D eigenvalue weighted by molar-refractivity contribution is 6.01. The van der Waals surface area contributed by atoms with Crippen molar-refractivity contribution in [2.24, 2.45) is 0 Å². The van der Waals surface area contributed by atoms with Gasteiger partial charge in [0.25, 0.3) is 5.91 Å². The predicted molar refractivity (Wildman–Crippen MR) is 113 cm³/mol. The molecule has 1 heterocycles. The van der Waals surface area contributed by atoms with Gasteiger partial charge in [-0.05, 0) is 42.3 Å². The summed E-state index contributed by atoms with van der Waals surface area (Å²) in [6.07, 6.45) is -0.317. The maximum Gasteiger partial charge on any atom is 0.258 e. The van der Waals surface area contributed by atoms with Crippen LogP contribution in [-0.2, 0) is 6.54 Å². The number of rotatable bonds is 6. The first-order valence-corrected chi connectivity index (χ1v) is 9.72. The Morgan fingerprint density at radius 1 is 0.966 bits per heavy atom. The van der Waals surface area contributed by atoms with E-state index in [1.807, 2.05) is 84.6 Å². The van der Waals surface area contributed by atoms with E-state index < -0.39 is 0 Å². The van der Waals surface area contributed by atoms with Crippen molar-refractivity contribution in [3.05, 3.63) is 89.5 Å². The van der Waals surface area contributed by atoms with Gasteiger partial charge in [0.15, 0.2) is 11.5 Å². The van der Waals surface area contributed by atoms with Gasteiger partial charge in [-0.2, -0.15) is 0 Å². The smallest absolute Gasteiger partial charge is 0.258 e. The number of hydrogen-bond acceptors (Lipinski definition) is 4. The molecule has 0 bridgehead atoms. The minimum Gasteiger partial charge on any atom is -0.493 e. The van der Waals surface area contributed by atoms with Crippen LogP contribution in [0.3, 0.4) is 0 Å². The minimum atomic E-state index is -0.317. The van der Waals surface area contributed by atoms with Crippen LogP contribution in [0, 0.1) is 0 Å². The lowest BCUT2D eigenvalue weighted by molar-refractivity contribution is 0.0666. The third-order valence-electron chi connectivity index (χ3n) is 5.02. The van der Waals surface area contributed by atoms with Crippen LogP contribution in [0.25, 0.3) is 0 Å². The summed E-state index contributed by atoms with van der Waals surface area (Å²) < 4.78 is 11.2. The number of nitrogens with one attached hydrogen (secondary N) is 1. The number of ether oxygens (including phenoxy) is 2. The van der Waals surface area contributed by atoms with Crippen molar-refractivity contribution in [1.29, 1.82) is 0 Å². The lowest BCUT2D eigenvalue weighted by Crippen LogP contribution is -2.42. The molecule has 1 atom stereocenters. The summed E-state index contributed by atoms with van der Waals surface area (Å²) >= 11 is 0. The fourth-order valence-electron chi connectivity index (χ4n) is 3.63. The highest BCUT2D eigenvalue weighted by Gasteiger charge is 2.33. The Hall–Kier alpha value is -3.47. The second kappa shape index (κ2) is 8.27. The zero-order chi connectivity index (χ0) is 20.2. The normalized spacial score (nSPS) is 15.4. The van der Waals surface area contributed by atoms with Crippen LogP contribution in [0.1, 0.15) is 34.6 Å². The molecule has 0 radical (unpaired) electrons. The number of amides is 1. The molecule has 148 valence electrons. The number of hydrogen-bond donors (Lipinski definition) is 1. The van der Waals surface area contributed by atoms with E-state index in [9.17, 15) is 4.79 Å². The Morgan fingerprint density at radius 3 is 2.48 bits per heavy atom. The lowest BCUT2D eigenvalue weighted by Gasteiger charge is -2.38. The van der Waals surface area contributed by atoms with Gasteiger partial charge >= 0.3 is 0 Å². The number of para-hydroxylation sites is 1. The molecule has 0 aromatic heterocycles. The minimum absolute atomic E-state index is 0.00183. The van der Waals surface area contributed by atoms with Crippen molar-refractivity contribution in [3.63, 3.8) is 0 Å². The van der Waals surface area contributed by atoms with E-state index in [1.54, 1.807) is 7.11 Å². The van der Waals surface area contributed by atoms with Crippen molar-refractivity contribution in [2.75, 3.05) is 19.0 Å². The monoisotopic (exact) mass is 388 g/mol. The molecule has 3 aromatic carbocycles. The lowest BCUT2D eigenvalue weighted by atomic mass is 10.0. The Morgan fingerprint density at radius 2 is 1.72 bits per heavy atom. The first-order valence-electron chi connectivity index (χ1n) is 9.72. The van der Waals surface area contributed by atoms with Crippen LogP contribution < -0.4 is 14.8 Å². The van der Waals surface area contributed by atoms with Crippen molar-refractivity contribution < 1.29 is 14.3 Å². The van der Waals surface area contributed by atoms with Crippen LogP contribution >= 0.6 is 0 Å². The van der Waals surface area contributed by atoms with Gasteiger partial charge in [0, 0.05) is 12.2 Å². The van der Waals surface area contributed by atoms with E-state index in [-0.39, 0.29) is 12.1 Å². The van der Waals surface area contributed by atoms with Crippen LogP contribution in [-0.4, -0.2) is 24.5 Å². The zero-order valence-corrected chi connectivity index (χ0v) is 16.6. The number of carbonyl (C=O) groups is 1. The second-order valence-electron chi connectivity index (χ2n) is 6.85. The van der Waals surface area contributed by atoms with Gasteiger partial charge in [-0.1, -0.05) is 48.5 Å². The summed E-state index contributed by atoms with van der Waals surface area (Å²) in [6, 6.07) is 23.4. The quantitative estimate of drug-likeness (QED) is 0.655. The summed E-state index contributed by atoms with van der Waals surface area (Å²) in [5.74, 6) is 1.34. The zero-order valence-electron chi connectivity index (χ0n) is 16.6. The molecule has 1 amide bonds. The Bertz CT molecular complexity index is 1000. The maximum atomic E-state index is 13.4. The summed E-state index contributed by atoms with van der Waals surface area (Å²) in [7, 11) is 1.62. The molecular formula is C24H24N2O3. The van der Waals surface area contributed by atoms with Gasteiger partial charge in [-0.3, -0.25) is 4.79 Å². The molecule has 1 N–H and O–H groups in total. The standard InChI is InChI=1S/C24H24N2O3/c1-3-29-22-15-18(13-14-21(22)28-2)23-25-20-12-8-7-11-19(20)24(27)26(23)16-17-9-5-4-6-10-17/h4-15,23,25H,3,16H2,1-2H3/t23-/m0/s1. The van der Waals surface area contributed by atoms with Crippen molar-refractivity contribution >= 4 is 11.6 Å². The Balaban J connectivity index is 1.76. The van der Waals surface area contributed by atoms with Crippen LogP contribution in [0.15, 0.2) is 72.8 Å². The average molecular weight is 388 g/mol. The molecule has 1 aliphatic heterocycles. The SMILES string of the molecule is CCOc1cc([C@H]2Nc3ccccc3C(=O)N2Cc2ccccc2)ccc1OC. The maximum absolute atomic E-state index is 13.4. The molecule has 3 aromatic rings. The highest BCUT2D eigenvalue weighted by Crippen LogP contribution is 2.37. The number of benzene rings is 3. The largest absolute Gasteiger partial charge is 0.493 e.